The van der Waals surface area contributed by atoms with E-state index in [-0.39, 0.29) is 23.8 Å². The number of benzene rings is 2. The minimum atomic E-state index is -4.53. The van der Waals surface area contributed by atoms with E-state index in [1.807, 2.05) is 32.0 Å². The number of aromatic nitrogens is 3. The molecule has 3 rings (SSSR count). The van der Waals surface area contributed by atoms with E-state index >= 15 is 0 Å². The minimum absolute atomic E-state index is 0.0264. The number of rotatable bonds is 5. The summed E-state index contributed by atoms with van der Waals surface area (Å²) in [7, 11) is 0. The molecule has 3 aromatic rings. The van der Waals surface area contributed by atoms with Crippen LogP contribution in [0.5, 0.6) is 0 Å². The summed E-state index contributed by atoms with van der Waals surface area (Å²) in [6.07, 6.45) is -4.53. The number of carbonyl (C=O) groups is 2. The van der Waals surface area contributed by atoms with E-state index in [2.05, 4.69) is 20.9 Å². The number of alkyl halides is 3. The van der Waals surface area contributed by atoms with Crippen molar-refractivity contribution in [3.63, 3.8) is 0 Å². The fourth-order valence-corrected chi connectivity index (χ4v) is 2.88. The van der Waals surface area contributed by atoms with Gasteiger partial charge in [-0.3, -0.25) is 9.59 Å². The first-order valence-electron chi connectivity index (χ1n) is 9.30. The molecular weight excluding hydrogens is 411 g/mol. The second kappa shape index (κ2) is 8.58. The lowest BCUT2D eigenvalue weighted by Gasteiger charge is -2.10. The molecule has 0 bridgehead atoms. The maximum absolute atomic E-state index is 12.8. The fraction of sp³-hybridized carbons (Fsp3) is 0.238. The Bertz CT molecular complexity index is 1140. The Kier molecular flexibility index (Phi) is 6.09. The van der Waals surface area contributed by atoms with Crippen LogP contribution in [0.3, 0.4) is 0 Å². The maximum atomic E-state index is 12.8. The molecule has 2 N–H and O–H groups in total. The van der Waals surface area contributed by atoms with E-state index < -0.39 is 17.6 Å². The predicted octanol–water partition coefficient (Wildman–Crippen LogP) is 4.11. The standard InChI is InChI=1S/C21H20F3N5O2/c1-12-7-8-13(2)17(9-12)26-18(30)11-29-14(3)19(27-28-29)20(31)25-16-6-4-5-15(10-16)21(22,23)24/h4-10H,11H2,1-3H3,(H,25,31)(H,26,30). The van der Waals surface area contributed by atoms with Crippen molar-refractivity contribution in [2.24, 2.45) is 0 Å². The molecule has 10 heteroatoms. The molecule has 0 fully saturated rings. The van der Waals surface area contributed by atoms with Gasteiger partial charge >= 0.3 is 6.18 Å². The highest BCUT2D eigenvalue weighted by atomic mass is 19.4. The number of amides is 2. The number of nitrogens with zero attached hydrogens (tertiary/aromatic N) is 3. The molecule has 0 atom stereocenters. The van der Waals surface area contributed by atoms with Crippen LogP contribution >= 0.6 is 0 Å². The van der Waals surface area contributed by atoms with Crippen LogP contribution in [-0.2, 0) is 17.5 Å². The molecule has 1 heterocycles. The van der Waals surface area contributed by atoms with Crippen molar-refractivity contribution in [2.45, 2.75) is 33.5 Å². The third-order valence-corrected chi connectivity index (χ3v) is 4.61. The molecule has 162 valence electrons. The van der Waals surface area contributed by atoms with E-state index in [9.17, 15) is 22.8 Å². The minimum Gasteiger partial charge on any atom is -0.324 e. The molecular formula is C21H20F3N5O2. The van der Waals surface area contributed by atoms with Crippen LogP contribution < -0.4 is 10.6 Å². The normalized spacial score (nSPS) is 11.3. The zero-order chi connectivity index (χ0) is 22.8. The van der Waals surface area contributed by atoms with Gasteiger partial charge in [-0.15, -0.1) is 5.10 Å². The lowest BCUT2D eigenvalue weighted by Crippen LogP contribution is -2.21. The highest BCUT2D eigenvalue weighted by molar-refractivity contribution is 6.03. The molecule has 31 heavy (non-hydrogen) atoms. The summed E-state index contributed by atoms with van der Waals surface area (Å²) in [4.78, 5) is 24.9. The Hall–Kier alpha value is -3.69. The van der Waals surface area contributed by atoms with Crippen LogP contribution in [0.15, 0.2) is 42.5 Å². The monoisotopic (exact) mass is 431 g/mol. The number of halogens is 3. The molecule has 7 nitrogen and oxygen atoms in total. The lowest BCUT2D eigenvalue weighted by atomic mass is 10.1. The molecule has 0 aliphatic heterocycles. The molecule has 1 aromatic heterocycles. The van der Waals surface area contributed by atoms with E-state index in [4.69, 9.17) is 0 Å². The van der Waals surface area contributed by atoms with Crippen molar-refractivity contribution in [1.29, 1.82) is 0 Å². The molecule has 0 aliphatic rings. The first-order valence-corrected chi connectivity index (χ1v) is 9.30. The number of anilines is 2. The average molecular weight is 431 g/mol. The van der Waals surface area contributed by atoms with Crippen LogP contribution in [0.1, 0.15) is 32.9 Å². The predicted molar refractivity (Wildman–Crippen MR) is 109 cm³/mol. The topological polar surface area (TPSA) is 88.9 Å². The molecule has 2 aromatic carbocycles. The molecule has 0 spiro atoms. The zero-order valence-corrected chi connectivity index (χ0v) is 17.0. The van der Waals surface area contributed by atoms with Crippen molar-refractivity contribution >= 4 is 23.2 Å². The highest BCUT2D eigenvalue weighted by Gasteiger charge is 2.30. The molecule has 2 amide bonds. The van der Waals surface area contributed by atoms with Crippen LogP contribution in [0.2, 0.25) is 0 Å². The smallest absolute Gasteiger partial charge is 0.324 e. The molecule has 0 unspecified atom stereocenters. The zero-order valence-electron chi connectivity index (χ0n) is 17.0. The van der Waals surface area contributed by atoms with E-state index in [0.717, 1.165) is 23.3 Å². The largest absolute Gasteiger partial charge is 0.416 e. The molecule has 0 radical (unpaired) electrons. The third kappa shape index (κ3) is 5.27. The van der Waals surface area contributed by atoms with Gasteiger partial charge in [-0.1, -0.05) is 23.4 Å². The van der Waals surface area contributed by atoms with Crippen molar-refractivity contribution < 1.29 is 22.8 Å². The second-order valence-electron chi connectivity index (χ2n) is 7.08. The highest BCUT2D eigenvalue weighted by Crippen LogP contribution is 2.30. The lowest BCUT2D eigenvalue weighted by molar-refractivity contribution is -0.137. The van der Waals surface area contributed by atoms with Gasteiger partial charge in [-0.05, 0) is 56.2 Å². The van der Waals surface area contributed by atoms with E-state index in [0.29, 0.717) is 11.4 Å². The van der Waals surface area contributed by atoms with Gasteiger partial charge < -0.3 is 10.6 Å². The van der Waals surface area contributed by atoms with Gasteiger partial charge in [0.2, 0.25) is 5.91 Å². The molecule has 0 saturated heterocycles. The summed E-state index contributed by atoms with van der Waals surface area (Å²) in [6, 6.07) is 9.93. The van der Waals surface area contributed by atoms with Gasteiger partial charge in [0, 0.05) is 11.4 Å². The SMILES string of the molecule is Cc1ccc(C)c(NC(=O)Cn2nnc(C(=O)Nc3cccc(C(F)(F)F)c3)c2C)c1. The molecule has 0 aliphatic carbocycles. The Morgan fingerprint density at radius 3 is 2.48 bits per heavy atom. The Labute approximate surface area is 176 Å². The van der Waals surface area contributed by atoms with Crippen LogP contribution in [0, 0.1) is 20.8 Å². The Morgan fingerprint density at radius 2 is 1.77 bits per heavy atom. The Morgan fingerprint density at radius 1 is 1.03 bits per heavy atom. The summed E-state index contributed by atoms with van der Waals surface area (Å²) in [6.45, 7) is 5.15. The first kappa shape index (κ1) is 22.0. The Balaban J connectivity index is 1.70. The van der Waals surface area contributed by atoms with Gasteiger partial charge in [-0.2, -0.15) is 13.2 Å². The number of hydrogen-bond donors (Lipinski definition) is 2. The van der Waals surface area contributed by atoms with Crippen LogP contribution in [0.25, 0.3) is 0 Å². The number of carbonyl (C=O) groups excluding carboxylic acids is 2. The van der Waals surface area contributed by atoms with Crippen molar-refractivity contribution in [1.82, 2.24) is 15.0 Å². The maximum Gasteiger partial charge on any atom is 0.416 e. The second-order valence-corrected chi connectivity index (χ2v) is 7.08. The summed E-state index contributed by atoms with van der Waals surface area (Å²) in [5.41, 5.74) is 1.87. The van der Waals surface area contributed by atoms with Crippen molar-refractivity contribution in [2.75, 3.05) is 10.6 Å². The van der Waals surface area contributed by atoms with E-state index in [1.54, 1.807) is 6.92 Å². The van der Waals surface area contributed by atoms with E-state index in [1.165, 1.54) is 16.8 Å². The van der Waals surface area contributed by atoms with Gasteiger partial charge in [0.1, 0.15) is 6.54 Å². The summed E-state index contributed by atoms with van der Waals surface area (Å²) in [5.74, 6) is -1.08. The number of aryl methyl sites for hydroxylation is 2. The summed E-state index contributed by atoms with van der Waals surface area (Å²) >= 11 is 0. The number of nitrogens with one attached hydrogen (secondary N) is 2. The molecule has 0 saturated carbocycles. The van der Waals surface area contributed by atoms with Gasteiger partial charge in [0.15, 0.2) is 5.69 Å². The number of hydrogen-bond acceptors (Lipinski definition) is 4. The van der Waals surface area contributed by atoms with Gasteiger partial charge in [0.05, 0.1) is 11.3 Å². The first-order chi connectivity index (χ1) is 14.5. The third-order valence-electron chi connectivity index (χ3n) is 4.61. The summed E-state index contributed by atoms with van der Waals surface area (Å²) in [5, 5.41) is 12.8. The summed E-state index contributed by atoms with van der Waals surface area (Å²) < 4.78 is 39.8. The quantitative estimate of drug-likeness (QED) is 0.636. The average Bonchev–Trinajstić information content (AvgIpc) is 3.04. The fourth-order valence-electron chi connectivity index (χ4n) is 2.88. The van der Waals surface area contributed by atoms with Crippen molar-refractivity contribution in [3.05, 3.63) is 70.5 Å². The van der Waals surface area contributed by atoms with Crippen LogP contribution in [-0.4, -0.2) is 26.8 Å². The van der Waals surface area contributed by atoms with Gasteiger partial charge in [-0.25, -0.2) is 4.68 Å². The van der Waals surface area contributed by atoms with Crippen LogP contribution in [0.4, 0.5) is 24.5 Å². The van der Waals surface area contributed by atoms with Crippen molar-refractivity contribution in [3.8, 4) is 0 Å². The van der Waals surface area contributed by atoms with Gasteiger partial charge in [0.25, 0.3) is 5.91 Å².